The van der Waals surface area contributed by atoms with Crippen molar-refractivity contribution in [3.05, 3.63) is 107 Å². The Morgan fingerprint density at radius 3 is 1.97 bits per heavy atom. The van der Waals surface area contributed by atoms with Crippen LogP contribution in [-0.4, -0.2) is 28.8 Å². The van der Waals surface area contributed by atoms with E-state index in [0.29, 0.717) is 22.8 Å². The lowest BCUT2D eigenvalue weighted by atomic mass is 9.99. The van der Waals surface area contributed by atoms with Crippen LogP contribution in [0.5, 0.6) is 0 Å². The number of carbonyl (C=O) groups excluding carboxylic acids is 2. The number of nitrogens with one attached hydrogen (secondary N) is 1. The number of amides is 1. The molecule has 1 amide bonds. The molecule has 0 saturated heterocycles. The Morgan fingerprint density at radius 2 is 1.39 bits per heavy atom. The van der Waals surface area contributed by atoms with E-state index in [1.54, 1.807) is 48.5 Å². The summed E-state index contributed by atoms with van der Waals surface area (Å²) in [5, 5.41) is 11.8. The van der Waals surface area contributed by atoms with Gasteiger partial charge in [0.15, 0.2) is 5.78 Å². The third kappa shape index (κ3) is 6.05. The Kier molecular flexibility index (Phi) is 6.87. The summed E-state index contributed by atoms with van der Waals surface area (Å²) in [5.41, 5.74) is 1.70. The highest BCUT2D eigenvalue weighted by Gasteiger charge is 2.21. The van der Waals surface area contributed by atoms with Gasteiger partial charge in [0, 0.05) is 23.6 Å². The summed E-state index contributed by atoms with van der Waals surface area (Å²) in [6, 6.07) is 16.7. The molecule has 0 aliphatic heterocycles. The van der Waals surface area contributed by atoms with Crippen molar-refractivity contribution < 1.29 is 28.3 Å². The molecule has 7 heteroatoms. The van der Waals surface area contributed by atoms with Gasteiger partial charge in [0.05, 0.1) is 6.42 Å². The van der Waals surface area contributed by atoms with Gasteiger partial charge in [-0.3, -0.25) is 9.59 Å². The number of halogens is 2. The maximum Gasteiger partial charge on any atom is 0.326 e. The van der Waals surface area contributed by atoms with Crippen LogP contribution in [0.25, 0.3) is 0 Å². The topological polar surface area (TPSA) is 83.5 Å². The lowest BCUT2D eigenvalue weighted by Gasteiger charge is -2.15. The molecular formula is C24H19F2NO4. The number of ketones is 1. The molecule has 3 rings (SSSR count). The summed E-state index contributed by atoms with van der Waals surface area (Å²) < 4.78 is 26.5. The molecule has 1 atom stereocenters. The van der Waals surface area contributed by atoms with E-state index >= 15 is 0 Å². The molecule has 0 saturated carbocycles. The molecule has 0 bridgehead atoms. The van der Waals surface area contributed by atoms with Crippen LogP contribution in [0, 0.1) is 11.6 Å². The van der Waals surface area contributed by atoms with Gasteiger partial charge in [-0.1, -0.05) is 54.6 Å². The zero-order valence-corrected chi connectivity index (χ0v) is 16.3. The standard InChI is InChI=1S/C24H19F2NO4/c25-19-10-16(11-20(26)14-19)13-22(28)27-21(24(30)31)12-15-6-8-18(9-7-15)23(29)17-4-2-1-3-5-17/h1-11,14,21H,12-13H2,(H,27,28)(H,30,31)/t21-/m1/s1. The van der Waals surface area contributed by atoms with Crippen molar-refractivity contribution in [2.45, 2.75) is 18.9 Å². The van der Waals surface area contributed by atoms with E-state index in [4.69, 9.17) is 0 Å². The monoisotopic (exact) mass is 423 g/mol. The number of carboxylic acids is 1. The first kappa shape index (κ1) is 21.8. The van der Waals surface area contributed by atoms with Crippen LogP contribution in [0.4, 0.5) is 8.78 Å². The average Bonchev–Trinajstić information content (AvgIpc) is 2.73. The average molecular weight is 423 g/mol. The van der Waals surface area contributed by atoms with Crippen LogP contribution in [0.2, 0.25) is 0 Å². The van der Waals surface area contributed by atoms with Gasteiger partial charge in [-0.05, 0) is 23.3 Å². The van der Waals surface area contributed by atoms with Gasteiger partial charge in [0.2, 0.25) is 5.91 Å². The minimum absolute atomic E-state index is 0.0155. The summed E-state index contributed by atoms with van der Waals surface area (Å²) in [7, 11) is 0. The predicted molar refractivity (Wildman–Crippen MR) is 110 cm³/mol. The highest BCUT2D eigenvalue weighted by Crippen LogP contribution is 2.13. The lowest BCUT2D eigenvalue weighted by molar-refractivity contribution is -0.141. The summed E-state index contributed by atoms with van der Waals surface area (Å²) >= 11 is 0. The van der Waals surface area contributed by atoms with Crippen LogP contribution in [0.15, 0.2) is 72.8 Å². The molecule has 3 aromatic rings. The molecule has 31 heavy (non-hydrogen) atoms. The first-order valence-corrected chi connectivity index (χ1v) is 9.47. The molecule has 2 N–H and O–H groups in total. The fourth-order valence-corrected chi connectivity index (χ4v) is 3.13. The number of carbonyl (C=O) groups is 3. The highest BCUT2D eigenvalue weighted by molar-refractivity contribution is 6.08. The second-order valence-electron chi connectivity index (χ2n) is 7.01. The summed E-state index contributed by atoms with van der Waals surface area (Å²) in [4.78, 5) is 36.2. The number of aliphatic carboxylic acids is 1. The number of hydrogen-bond donors (Lipinski definition) is 2. The van der Waals surface area contributed by atoms with Crippen molar-refractivity contribution >= 4 is 17.7 Å². The molecular weight excluding hydrogens is 404 g/mol. The van der Waals surface area contributed by atoms with Gasteiger partial charge in [-0.2, -0.15) is 0 Å². The quantitative estimate of drug-likeness (QED) is 0.543. The molecule has 0 spiro atoms. The van der Waals surface area contributed by atoms with Crippen LogP contribution < -0.4 is 5.32 Å². The van der Waals surface area contributed by atoms with Crippen molar-refractivity contribution in [2.24, 2.45) is 0 Å². The Balaban J connectivity index is 1.65. The van der Waals surface area contributed by atoms with Gasteiger partial charge in [-0.15, -0.1) is 0 Å². The highest BCUT2D eigenvalue weighted by atomic mass is 19.1. The number of hydrogen-bond acceptors (Lipinski definition) is 3. The fraction of sp³-hybridized carbons (Fsp3) is 0.125. The number of carboxylic acid groups (broad SMARTS) is 1. The zero-order valence-electron chi connectivity index (χ0n) is 16.3. The van der Waals surface area contributed by atoms with Crippen LogP contribution in [0.1, 0.15) is 27.0 Å². The molecule has 0 aliphatic rings. The molecule has 5 nitrogen and oxygen atoms in total. The molecule has 0 radical (unpaired) electrons. The van der Waals surface area contributed by atoms with Crippen molar-refractivity contribution in [2.75, 3.05) is 0 Å². The van der Waals surface area contributed by atoms with E-state index in [2.05, 4.69) is 5.32 Å². The summed E-state index contributed by atoms with van der Waals surface area (Å²) in [6.07, 6.45) is -0.374. The van der Waals surface area contributed by atoms with Gasteiger partial charge >= 0.3 is 5.97 Å². The molecule has 0 unspecified atom stereocenters. The second kappa shape index (κ2) is 9.75. The Morgan fingerprint density at radius 1 is 0.806 bits per heavy atom. The predicted octanol–water partition coefficient (Wildman–Crippen LogP) is 3.55. The maximum atomic E-state index is 13.3. The first-order valence-electron chi connectivity index (χ1n) is 9.47. The van der Waals surface area contributed by atoms with Crippen LogP contribution in [-0.2, 0) is 22.4 Å². The van der Waals surface area contributed by atoms with E-state index in [-0.39, 0.29) is 24.2 Å². The normalized spacial score (nSPS) is 11.5. The zero-order chi connectivity index (χ0) is 22.4. The molecule has 158 valence electrons. The van der Waals surface area contributed by atoms with E-state index < -0.39 is 29.6 Å². The third-order valence-corrected chi connectivity index (χ3v) is 4.61. The van der Waals surface area contributed by atoms with Crippen molar-refractivity contribution in [3.8, 4) is 0 Å². The van der Waals surface area contributed by atoms with E-state index in [0.717, 1.165) is 12.1 Å². The molecule has 0 fully saturated rings. The van der Waals surface area contributed by atoms with Crippen molar-refractivity contribution in [1.29, 1.82) is 0 Å². The second-order valence-corrected chi connectivity index (χ2v) is 7.01. The summed E-state index contributed by atoms with van der Waals surface area (Å²) in [5.74, 6) is -3.71. The molecule has 3 aromatic carbocycles. The van der Waals surface area contributed by atoms with Gasteiger partial charge in [-0.25, -0.2) is 13.6 Å². The SMILES string of the molecule is O=C(Cc1cc(F)cc(F)c1)N[C@H](Cc1ccc(C(=O)c2ccccc2)cc1)C(=O)O. The number of rotatable bonds is 8. The van der Waals surface area contributed by atoms with E-state index in [1.165, 1.54) is 0 Å². The van der Waals surface area contributed by atoms with Gasteiger partial charge in [0.25, 0.3) is 0 Å². The van der Waals surface area contributed by atoms with Crippen LogP contribution in [0.3, 0.4) is 0 Å². The van der Waals surface area contributed by atoms with E-state index in [9.17, 15) is 28.3 Å². The van der Waals surface area contributed by atoms with E-state index in [1.807, 2.05) is 6.07 Å². The molecule has 0 heterocycles. The fourth-order valence-electron chi connectivity index (χ4n) is 3.13. The van der Waals surface area contributed by atoms with Crippen molar-refractivity contribution in [3.63, 3.8) is 0 Å². The minimum atomic E-state index is -1.25. The first-order chi connectivity index (χ1) is 14.8. The third-order valence-electron chi connectivity index (χ3n) is 4.61. The van der Waals surface area contributed by atoms with Gasteiger partial charge < -0.3 is 10.4 Å². The number of benzene rings is 3. The largest absolute Gasteiger partial charge is 0.480 e. The lowest BCUT2D eigenvalue weighted by Crippen LogP contribution is -2.43. The summed E-state index contributed by atoms with van der Waals surface area (Å²) in [6.45, 7) is 0. The Bertz CT molecular complexity index is 1080. The van der Waals surface area contributed by atoms with Crippen LogP contribution >= 0.6 is 0 Å². The molecule has 0 aromatic heterocycles. The molecule has 0 aliphatic carbocycles. The smallest absolute Gasteiger partial charge is 0.326 e. The maximum absolute atomic E-state index is 13.3. The Labute approximate surface area is 177 Å². The van der Waals surface area contributed by atoms with Crippen molar-refractivity contribution in [1.82, 2.24) is 5.32 Å². The Hall–Kier alpha value is -3.87. The van der Waals surface area contributed by atoms with Gasteiger partial charge in [0.1, 0.15) is 17.7 Å². The minimum Gasteiger partial charge on any atom is -0.480 e.